The number of aromatic nitrogens is 2. The van der Waals surface area contributed by atoms with E-state index in [-0.39, 0.29) is 5.41 Å². The number of thioether (sulfide) groups is 1. The van der Waals surface area contributed by atoms with Gasteiger partial charge in [-0.1, -0.05) is 23.9 Å². The summed E-state index contributed by atoms with van der Waals surface area (Å²) < 4.78 is 38.6. The van der Waals surface area contributed by atoms with Crippen LogP contribution in [0.2, 0.25) is 0 Å². The number of halogens is 3. The van der Waals surface area contributed by atoms with Crippen molar-refractivity contribution in [2.75, 3.05) is 46.5 Å². The SMILES string of the molecule is CN=C(SCCCN1CC[C@]2(C[C@@H]2c2ccc(C(F)(F)F)cc2)C1)N(C)C(=NC)c1ccnnc1. The highest BCUT2D eigenvalue weighted by Gasteiger charge is 2.57. The second kappa shape index (κ2) is 10.7. The number of hydrogen-bond acceptors (Lipinski definition) is 6. The van der Waals surface area contributed by atoms with Crippen molar-refractivity contribution in [2.24, 2.45) is 15.4 Å². The molecular formula is C25H31F3N6S. The number of benzene rings is 1. The standard InChI is InChI=1S/C25H31F3N6S/c1-29-22(19-9-11-31-32-16-19)33(3)23(30-2)35-14-4-12-34-13-10-24(17-34)15-21(24)18-5-7-20(8-6-18)25(26,27)28/h5-9,11,16,21H,4,10,12-15,17H2,1-3H3/t21-,24+/m1/s1. The van der Waals surface area contributed by atoms with Crippen LogP contribution in [0.5, 0.6) is 0 Å². The first kappa shape index (κ1) is 25.6. The molecule has 1 spiro atoms. The Morgan fingerprint density at radius 1 is 1.17 bits per heavy atom. The van der Waals surface area contributed by atoms with Crippen LogP contribution in [-0.2, 0) is 6.18 Å². The molecule has 1 saturated heterocycles. The van der Waals surface area contributed by atoms with E-state index in [1.807, 2.05) is 18.0 Å². The fraction of sp³-hybridized carbons (Fsp3) is 0.520. The monoisotopic (exact) mass is 504 g/mol. The number of amidine groups is 2. The molecule has 4 rings (SSSR count). The second-order valence-electron chi connectivity index (χ2n) is 9.21. The summed E-state index contributed by atoms with van der Waals surface area (Å²) in [4.78, 5) is 13.3. The molecule has 0 bridgehead atoms. The van der Waals surface area contributed by atoms with Gasteiger partial charge < -0.3 is 9.80 Å². The summed E-state index contributed by atoms with van der Waals surface area (Å²) in [6.45, 7) is 3.09. The molecule has 2 fully saturated rings. The minimum atomic E-state index is -4.28. The van der Waals surface area contributed by atoms with E-state index in [0.29, 0.717) is 5.92 Å². The molecule has 2 atom stereocenters. The summed E-state index contributed by atoms with van der Waals surface area (Å²) in [7, 11) is 5.50. The van der Waals surface area contributed by atoms with Gasteiger partial charge >= 0.3 is 6.18 Å². The summed E-state index contributed by atoms with van der Waals surface area (Å²) in [5.41, 5.74) is 1.60. The van der Waals surface area contributed by atoms with Gasteiger partial charge in [0.1, 0.15) is 5.84 Å². The van der Waals surface area contributed by atoms with Crippen LogP contribution in [0.15, 0.2) is 52.7 Å². The number of nitrogens with zero attached hydrogens (tertiary/aromatic N) is 6. The largest absolute Gasteiger partial charge is 0.416 e. The number of alkyl halides is 3. The van der Waals surface area contributed by atoms with Crippen LogP contribution in [0.4, 0.5) is 13.2 Å². The Bertz CT molecular complexity index is 1060. The third-order valence-corrected chi connectivity index (χ3v) is 8.20. The molecule has 1 aliphatic carbocycles. The van der Waals surface area contributed by atoms with Gasteiger partial charge in [-0.3, -0.25) is 9.98 Å². The summed E-state index contributed by atoms with van der Waals surface area (Å²) in [6, 6.07) is 7.64. The van der Waals surface area contributed by atoms with Gasteiger partial charge in [0.15, 0.2) is 5.17 Å². The van der Waals surface area contributed by atoms with E-state index in [2.05, 4.69) is 25.1 Å². The predicted molar refractivity (Wildman–Crippen MR) is 135 cm³/mol. The van der Waals surface area contributed by atoms with Crippen LogP contribution in [0.1, 0.15) is 41.9 Å². The van der Waals surface area contributed by atoms with Crippen molar-refractivity contribution in [3.05, 3.63) is 59.4 Å². The fourth-order valence-electron chi connectivity index (χ4n) is 5.10. The van der Waals surface area contributed by atoms with E-state index in [1.165, 1.54) is 12.1 Å². The summed E-state index contributed by atoms with van der Waals surface area (Å²) >= 11 is 1.71. The van der Waals surface area contributed by atoms with Gasteiger partial charge in [-0.15, -0.1) is 0 Å². The molecule has 0 amide bonds. The highest BCUT2D eigenvalue weighted by molar-refractivity contribution is 8.13. The molecule has 0 N–H and O–H groups in total. The lowest BCUT2D eigenvalue weighted by molar-refractivity contribution is -0.137. The van der Waals surface area contributed by atoms with Crippen molar-refractivity contribution in [1.29, 1.82) is 0 Å². The fourth-order valence-corrected chi connectivity index (χ4v) is 5.96. The first-order chi connectivity index (χ1) is 16.8. The molecule has 1 aromatic heterocycles. The van der Waals surface area contributed by atoms with Gasteiger partial charge in [-0.05, 0) is 67.4 Å². The Labute approximate surface area is 208 Å². The molecule has 1 saturated carbocycles. The van der Waals surface area contributed by atoms with Crippen molar-refractivity contribution >= 4 is 22.8 Å². The third-order valence-electron chi connectivity index (χ3n) is 6.99. The summed E-state index contributed by atoms with van der Waals surface area (Å²) in [5.74, 6) is 2.11. The first-order valence-electron chi connectivity index (χ1n) is 11.7. The molecule has 0 radical (unpaired) electrons. The molecule has 35 heavy (non-hydrogen) atoms. The van der Waals surface area contributed by atoms with Gasteiger partial charge in [0, 0.05) is 39.0 Å². The van der Waals surface area contributed by atoms with Gasteiger partial charge in [0.25, 0.3) is 0 Å². The van der Waals surface area contributed by atoms with Crippen molar-refractivity contribution in [1.82, 2.24) is 20.0 Å². The predicted octanol–water partition coefficient (Wildman–Crippen LogP) is 4.79. The Hall–Kier alpha value is -2.46. The van der Waals surface area contributed by atoms with E-state index < -0.39 is 11.7 Å². The zero-order valence-electron chi connectivity index (χ0n) is 20.3. The van der Waals surface area contributed by atoms with E-state index >= 15 is 0 Å². The Balaban J connectivity index is 1.23. The number of aliphatic imine (C=N–C) groups is 2. The minimum absolute atomic E-state index is 0.244. The number of likely N-dealkylation sites (tertiary alicyclic amines) is 1. The Morgan fingerprint density at radius 2 is 1.94 bits per heavy atom. The first-order valence-corrected chi connectivity index (χ1v) is 12.7. The molecule has 10 heteroatoms. The van der Waals surface area contributed by atoms with E-state index in [1.54, 1.807) is 50.4 Å². The summed E-state index contributed by atoms with van der Waals surface area (Å²) in [5, 5.41) is 8.66. The van der Waals surface area contributed by atoms with Gasteiger partial charge in [0.2, 0.25) is 0 Å². The van der Waals surface area contributed by atoms with Crippen LogP contribution >= 0.6 is 11.8 Å². The lowest BCUT2D eigenvalue weighted by Gasteiger charge is -2.22. The quantitative estimate of drug-likeness (QED) is 0.322. The van der Waals surface area contributed by atoms with Gasteiger partial charge in [-0.2, -0.15) is 23.4 Å². The third kappa shape index (κ3) is 5.86. The Morgan fingerprint density at radius 3 is 2.57 bits per heavy atom. The second-order valence-corrected chi connectivity index (χ2v) is 10.3. The van der Waals surface area contributed by atoms with Crippen LogP contribution in [0.3, 0.4) is 0 Å². The maximum absolute atomic E-state index is 12.9. The van der Waals surface area contributed by atoms with Crippen molar-refractivity contribution in [3.63, 3.8) is 0 Å². The zero-order chi connectivity index (χ0) is 25.1. The van der Waals surface area contributed by atoms with E-state index in [0.717, 1.165) is 66.8 Å². The maximum atomic E-state index is 12.9. The average molecular weight is 505 g/mol. The molecule has 2 aromatic rings. The topological polar surface area (TPSA) is 57.0 Å². The molecular weight excluding hydrogens is 473 g/mol. The zero-order valence-corrected chi connectivity index (χ0v) is 21.1. The van der Waals surface area contributed by atoms with Crippen LogP contribution in [0.25, 0.3) is 0 Å². The number of rotatable bonds is 6. The van der Waals surface area contributed by atoms with Crippen molar-refractivity contribution in [3.8, 4) is 0 Å². The van der Waals surface area contributed by atoms with Crippen LogP contribution in [-0.4, -0.2) is 77.5 Å². The van der Waals surface area contributed by atoms with Crippen molar-refractivity contribution < 1.29 is 13.2 Å². The normalized spacial score (nSPS) is 23.2. The molecule has 0 unspecified atom stereocenters. The highest BCUT2D eigenvalue weighted by Crippen LogP contribution is 2.64. The van der Waals surface area contributed by atoms with Crippen LogP contribution < -0.4 is 0 Å². The van der Waals surface area contributed by atoms with Crippen LogP contribution in [0, 0.1) is 5.41 Å². The molecule has 1 aromatic carbocycles. The van der Waals surface area contributed by atoms with E-state index in [9.17, 15) is 13.2 Å². The minimum Gasteiger partial charge on any atom is -0.309 e. The Kier molecular flexibility index (Phi) is 7.80. The molecule has 1 aliphatic heterocycles. The van der Waals surface area contributed by atoms with E-state index in [4.69, 9.17) is 0 Å². The molecule has 2 heterocycles. The lowest BCUT2D eigenvalue weighted by Crippen LogP contribution is -2.32. The number of hydrogen-bond donors (Lipinski definition) is 0. The molecule has 6 nitrogen and oxygen atoms in total. The van der Waals surface area contributed by atoms with Gasteiger partial charge in [-0.25, -0.2) is 0 Å². The lowest BCUT2D eigenvalue weighted by atomic mass is 9.97. The van der Waals surface area contributed by atoms with Gasteiger partial charge in [0.05, 0.1) is 18.0 Å². The van der Waals surface area contributed by atoms with Crippen molar-refractivity contribution in [2.45, 2.75) is 31.4 Å². The smallest absolute Gasteiger partial charge is 0.309 e. The summed E-state index contributed by atoms with van der Waals surface area (Å²) in [6.07, 6.45) is 2.29. The highest BCUT2D eigenvalue weighted by atomic mass is 32.2. The molecule has 188 valence electrons. The average Bonchev–Trinajstić information content (AvgIpc) is 3.40. The molecule has 2 aliphatic rings. The maximum Gasteiger partial charge on any atom is 0.416 e.